The fourth-order valence-electron chi connectivity index (χ4n) is 3.66. The number of hydrogen-bond donors (Lipinski definition) is 1. The third-order valence-electron chi connectivity index (χ3n) is 5.43. The number of nitrogens with zero attached hydrogens (tertiary/aromatic N) is 3. The smallest absolute Gasteiger partial charge is 0.317 e. The predicted molar refractivity (Wildman–Crippen MR) is 122 cm³/mol. The molecule has 0 unspecified atom stereocenters. The normalized spacial score (nSPS) is 14.6. The Morgan fingerprint density at radius 2 is 1.63 bits per heavy atom. The lowest BCUT2D eigenvalue weighted by atomic mass is 10.2. The van der Waals surface area contributed by atoms with Crippen molar-refractivity contribution in [3.8, 4) is 5.75 Å². The molecular weight excluding hydrogens is 376 g/mol. The van der Waals surface area contributed by atoms with Crippen LogP contribution in [-0.4, -0.2) is 74.3 Å². The average Bonchev–Trinajstić information content (AvgIpc) is 2.78. The summed E-state index contributed by atoms with van der Waals surface area (Å²) in [4.78, 5) is 19.3. The van der Waals surface area contributed by atoms with Gasteiger partial charge in [0.15, 0.2) is 0 Å². The van der Waals surface area contributed by atoms with E-state index in [-0.39, 0.29) is 12.1 Å². The number of hydrogen-bond acceptors (Lipinski definition) is 4. The monoisotopic (exact) mass is 410 g/mol. The summed E-state index contributed by atoms with van der Waals surface area (Å²) in [5.74, 6) is 0.830. The Morgan fingerprint density at radius 3 is 2.27 bits per heavy atom. The number of benzene rings is 2. The Balaban J connectivity index is 1.35. The Kier molecular flexibility index (Phi) is 8.39. The van der Waals surface area contributed by atoms with Crippen LogP contribution in [0.3, 0.4) is 0 Å². The molecule has 0 saturated carbocycles. The predicted octanol–water partition coefficient (Wildman–Crippen LogP) is 3.31. The van der Waals surface area contributed by atoms with E-state index in [0.29, 0.717) is 19.7 Å². The highest BCUT2D eigenvalue weighted by molar-refractivity contribution is 5.74. The van der Waals surface area contributed by atoms with Crippen LogP contribution in [-0.2, 0) is 0 Å². The van der Waals surface area contributed by atoms with Crippen LogP contribution < -0.4 is 15.0 Å². The Hall–Kier alpha value is -2.73. The molecule has 2 aromatic rings. The largest absolute Gasteiger partial charge is 0.492 e. The molecule has 3 rings (SSSR count). The molecule has 0 aromatic heterocycles. The first kappa shape index (κ1) is 22.0. The van der Waals surface area contributed by atoms with Gasteiger partial charge in [-0.15, -0.1) is 0 Å². The van der Waals surface area contributed by atoms with Crippen molar-refractivity contribution in [3.63, 3.8) is 0 Å². The summed E-state index contributed by atoms with van der Waals surface area (Å²) < 4.78 is 5.75. The van der Waals surface area contributed by atoms with Crippen LogP contribution >= 0.6 is 0 Å². The third-order valence-corrected chi connectivity index (χ3v) is 5.43. The number of ether oxygens (including phenoxy) is 1. The molecule has 2 aromatic carbocycles. The first-order valence-corrected chi connectivity index (χ1v) is 10.9. The quantitative estimate of drug-likeness (QED) is 0.689. The van der Waals surface area contributed by atoms with Gasteiger partial charge in [0.2, 0.25) is 0 Å². The first-order chi connectivity index (χ1) is 14.6. The van der Waals surface area contributed by atoms with Gasteiger partial charge in [-0.2, -0.15) is 0 Å². The van der Waals surface area contributed by atoms with E-state index in [1.165, 1.54) is 5.69 Å². The van der Waals surface area contributed by atoms with Crippen molar-refractivity contribution in [2.75, 3.05) is 57.3 Å². The molecule has 1 saturated heterocycles. The van der Waals surface area contributed by atoms with E-state index in [9.17, 15) is 4.79 Å². The number of carbonyl (C=O) groups is 1. The molecule has 1 heterocycles. The lowest BCUT2D eigenvalue weighted by Gasteiger charge is -2.36. The maximum atomic E-state index is 12.6. The van der Waals surface area contributed by atoms with Crippen LogP contribution in [0.1, 0.15) is 13.8 Å². The van der Waals surface area contributed by atoms with Crippen LogP contribution in [0.2, 0.25) is 0 Å². The number of anilines is 1. The number of nitrogens with one attached hydrogen (secondary N) is 1. The molecule has 1 aliphatic rings. The molecule has 0 spiro atoms. The SMILES string of the molecule is CC(C)N(CCOc1ccccc1)C(=O)NCCN1CCN(c2ccccc2)CC1. The van der Waals surface area contributed by atoms with Crippen LogP contribution in [0, 0.1) is 0 Å². The summed E-state index contributed by atoms with van der Waals surface area (Å²) in [5.41, 5.74) is 1.29. The van der Waals surface area contributed by atoms with Gasteiger partial charge in [-0.25, -0.2) is 4.79 Å². The van der Waals surface area contributed by atoms with Crippen LogP contribution in [0.15, 0.2) is 60.7 Å². The number of piperazine rings is 1. The van der Waals surface area contributed by atoms with Crippen molar-refractivity contribution >= 4 is 11.7 Å². The molecule has 6 heteroatoms. The van der Waals surface area contributed by atoms with E-state index in [2.05, 4.69) is 45.4 Å². The highest BCUT2D eigenvalue weighted by Crippen LogP contribution is 2.15. The van der Waals surface area contributed by atoms with E-state index in [4.69, 9.17) is 4.74 Å². The van der Waals surface area contributed by atoms with Gasteiger partial charge >= 0.3 is 6.03 Å². The molecule has 0 bridgehead atoms. The van der Waals surface area contributed by atoms with Crippen molar-refractivity contribution in [1.29, 1.82) is 0 Å². The van der Waals surface area contributed by atoms with E-state index in [1.807, 2.05) is 49.1 Å². The van der Waals surface area contributed by atoms with Gasteiger partial charge in [0.1, 0.15) is 12.4 Å². The Labute approximate surface area is 180 Å². The van der Waals surface area contributed by atoms with Crippen LogP contribution in [0.5, 0.6) is 5.75 Å². The fraction of sp³-hybridized carbons (Fsp3) is 0.458. The molecule has 1 aliphatic heterocycles. The van der Waals surface area contributed by atoms with Crippen LogP contribution in [0.25, 0.3) is 0 Å². The first-order valence-electron chi connectivity index (χ1n) is 10.9. The second-order valence-electron chi connectivity index (χ2n) is 7.84. The highest BCUT2D eigenvalue weighted by atomic mass is 16.5. The standard InChI is InChI=1S/C24H34N4O2/c1-21(2)28(19-20-30-23-11-7-4-8-12-23)24(29)25-13-14-26-15-17-27(18-16-26)22-9-5-3-6-10-22/h3-12,21H,13-20H2,1-2H3,(H,25,29). The minimum Gasteiger partial charge on any atom is -0.492 e. The van der Waals surface area contributed by atoms with Crippen molar-refractivity contribution in [3.05, 3.63) is 60.7 Å². The van der Waals surface area contributed by atoms with Crippen LogP contribution in [0.4, 0.5) is 10.5 Å². The number of rotatable bonds is 9. The number of amides is 2. The van der Waals surface area contributed by atoms with Crippen molar-refractivity contribution in [2.24, 2.45) is 0 Å². The molecule has 162 valence electrons. The van der Waals surface area contributed by atoms with E-state index < -0.39 is 0 Å². The molecule has 0 aliphatic carbocycles. The second kappa shape index (κ2) is 11.5. The molecule has 1 N–H and O–H groups in total. The van der Waals surface area contributed by atoms with E-state index in [0.717, 1.165) is 38.5 Å². The van der Waals surface area contributed by atoms with E-state index in [1.54, 1.807) is 0 Å². The summed E-state index contributed by atoms with van der Waals surface area (Å²) in [6.45, 7) is 10.7. The molecular formula is C24H34N4O2. The zero-order valence-corrected chi connectivity index (χ0v) is 18.2. The summed E-state index contributed by atoms with van der Waals surface area (Å²) in [6.07, 6.45) is 0. The van der Waals surface area contributed by atoms with Gasteiger partial charge in [-0.05, 0) is 38.1 Å². The van der Waals surface area contributed by atoms with E-state index >= 15 is 0 Å². The molecule has 1 fully saturated rings. The summed E-state index contributed by atoms with van der Waals surface area (Å²) in [7, 11) is 0. The zero-order chi connectivity index (χ0) is 21.2. The maximum Gasteiger partial charge on any atom is 0.317 e. The number of urea groups is 1. The number of para-hydroxylation sites is 2. The minimum atomic E-state index is -0.0235. The summed E-state index contributed by atoms with van der Waals surface area (Å²) >= 11 is 0. The topological polar surface area (TPSA) is 48.1 Å². The van der Waals surface area contributed by atoms with Gasteiger partial charge in [0.25, 0.3) is 0 Å². The molecule has 2 amide bonds. The van der Waals surface area contributed by atoms with Crippen molar-refractivity contribution in [1.82, 2.24) is 15.1 Å². The van der Waals surface area contributed by atoms with Crippen molar-refractivity contribution in [2.45, 2.75) is 19.9 Å². The lowest BCUT2D eigenvalue weighted by molar-refractivity contribution is 0.164. The van der Waals surface area contributed by atoms with Gasteiger partial charge < -0.3 is 19.9 Å². The van der Waals surface area contributed by atoms with Gasteiger partial charge in [0, 0.05) is 51.0 Å². The van der Waals surface area contributed by atoms with Gasteiger partial charge in [0.05, 0.1) is 6.54 Å². The maximum absolute atomic E-state index is 12.6. The summed E-state index contributed by atoms with van der Waals surface area (Å²) in [6, 6.07) is 20.4. The molecule has 0 radical (unpaired) electrons. The minimum absolute atomic E-state index is 0.0235. The Morgan fingerprint density at radius 1 is 1.00 bits per heavy atom. The van der Waals surface area contributed by atoms with Gasteiger partial charge in [-0.1, -0.05) is 36.4 Å². The molecule has 0 atom stereocenters. The molecule has 6 nitrogen and oxygen atoms in total. The third kappa shape index (κ3) is 6.66. The zero-order valence-electron chi connectivity index (χ0n) is 18.2. The second-order valence-corrected chi connectivity index (χ2v) is 7.84. The average molecular weight is 411 g/mol. The number of carbonyl (C=O) groups excluding carboxylic acids is 1. The fourth-order valence-corrected chi connectivity index (χ4v) is 3.66. The molecule has 30 heavy (non-hydrogen) atoms. The van der Waals surface area contributed by atoms with Gasteiger partial charge in [-0.3, -0.25) is 4.90 Å². The lowest BCUT2D eigenvalue weighted by Crippen LogP contribution is -2.50. The highest BCUT2D eigenvalue weighted by Gasteiger charge is 2.19. The Bertz CT molecular complexity index is 746. The van der Waals surface area contributed by atoms with Crippen molar-refractivity contribution < 1.29 is 9.53 Å². The summed E-state index contributed by atoms with van der Waals surface area (Å²) in [5, 5.41) is 3.08.